The van der Waals surface area contributed by atoms with Gasteiger partial charge in [0.15, 0.2) is 5.03 Å². The maximum atomic E-state index is 12.9. The lowest BCUT2D eigenvalue weighted by molar-refractivity contribution is 0.119. The molecule has 0 spiro atoms. The molecule has 2 saturated heterocycles. The molecule has 1 amide bonds. The van der Waals surface area contributed by atoms with Crippen molar-refractivity contribution in [1.29, 1.82) is 0 Å². The molecule has 10 heteroatoms. The van der Waals surface area contributed by atoms with Gasteiger partial charge in [-0.05, 0) is 26.4 Å². The van der Waals surface area contributed by atoms with Crippen molar-refractivity contribution in [2.45, 2.75) is 36.4 Å². The Morgan fingerprint density at radius 3 is 2.68 bits per heavy atom. The molecule has 0 bridgehead atoms. The van der Waals surface area contributed by atoms with Gasteiger partial charge in [0, 0.05) is 38.3 Å². The number of nitrogens with zero attached hydrogens (tertiary/aromatic N) is 4. The predicted octanol–water partition coefficient (Wildman–Crippen LogP) is 0.161. The molecule has 0 radical (unpaired) electrons. The molecule has 2 fully saturated rings. The lowest BCUT2D eigenvalue weighted by Crippen LogP contribution is -2.50. The minimum Gasteiger partial charge on any atom is -0.465 e. The number of hydrogen-bond acceptors (Lipinski definition) is 5. The summed E-state index contributed by atoms with van der Waals surface area (Å²) in [5.74, 6) is -0.0695. The third kappa shape index (κ3) is 3.65. The fraction of sp³-hybridized carbons (Fsp3) is 0.733. The molecule has 2 aliphatic heterocycles. The van der Waals surface area contributed by atoms with Crippen LogP contribution >= 0.6 is 0 Å². The highest BCUT2D eigenvalue weighted by atomic mass is 32.2. The van der Waals surface area contributed by atoms with E-state index in [-0.39, 0.29) is 23.5 Å². The minimum absolute atomic E-state index is 0.00160. The summed E-state index contributed by atoms with van der Waals surface area (Å²) in [5, 5.41) is 11.7. The van der Waals surface area contributed by atoms with Gasteiger partial charge in [0.1, 0.15) is 0 Å². The van der Waals surface area contributed by atoms with E-state index >= 15 is 0 Å². The summed E-state index contributed by atoms with van der Waals surface area (Å²) >= 11 is 0. The standard InChI is InChI=1S/C15H25N5O4S/c1-18-9-14(16-10-18)25(23,24)20-7-11(12(8-20)17-15(21)22)13-5-3-4-6-19(13)2/h9-13,17H,3-8H2,1-2H3,(H,21,22)/t11-,12-,13+/m0/s1. The summed E-state index contributed by atoms with van der Waals surface area (Å²) in [6.07, 6.45) is 4.95. The second kappa shape index (κ2) is 6.93. The van der Waals surface area contributed by atoms with Crippen molar-refractivity contribution >= 4 is 16.1 Å². The van der Waals surface area contributed by atoms with Crippen LogP contribution in [0.2, 0.25) is 0 Å². The molecule has 3 rings (SSSR count). The van der Waals surface area contributed by atoms with Crippen molar-refractivity contribution in [3.05, 3.63) is 12.5 Å². The number of aryl methyl sites for hydroxylation is 1. The van der Waals surface area contributed by atoms with Crippen molar-refractivity contribution in [3.63, 3.8) is 0 Å². The maximum absolute atomic E-state index is 12.9. The van der Waals surface area contributed by atoms with Crippen molar-refractivity contribution < 1.29 is 18.3 Å². The first kappa shape index (κ1) is 18.2. The molecule has 3 atom stereocenters. The molecule has 9 nitrogen and oxygen atoms in total. The number of likely N-dealkylation sites (tertiary alicyclic amines) is 1. The van der Waals surface area contributed by atoms with Gasteiger partial charge in [-0.15, -0.1) is 0 Å². The summed E-state index contributed by atoms with van der Waals surface area (Å²) in [6.45, 7) is 1.40. The van der Waals surface area contributed by atoms with E-state index in [0.29, 0.717) is 6.54 Å². The third-order valence-corrected chi connectivity index (χ3v) is 6.96. The molecule has 1 aromatic rings. The van der Waals surface area contributed by atoms with Crippen LogP contribution in [-0.4, -0.2) is 77.1 Å². The Balaban J connectivity index is 1.84. The summed E-state index contributed by atoms with van der Waals surface area (Å²) in [6, 6.07) is -0.240. The predicted molar refractivity (Wildman–Crippen MR) is 90.7 cm³/mol. The molecule has 2 N–H and O–H groups in total. The average Bonchev–Trinajstić information content (AvgIpc) is 3.15. The number of amides is 1. The summed E-state index contributed by atoms with van der Waals surface area (Å²) < 4.78 is 28.7. The Kier molecular flexibility index (Phi) is 5.03. The number of sulfonamides is 1. The highest BCUT2D eigenvalue weighted by molar-refractivity contribution is 7.89. The number of hydrogen-bond donors (Lipinski definition) is 2. The van der Waals surface area contributed by atoms with Crippen LogP contribution < -0.4 is 5.32 Å². The number of imidazole rings is 1. The van der Waals surface area contributed by atoms with E-state index in [4.69, 9.17) is 5.11 Å². The van der Waals surface area contributed by atoms with Crippen LogP contribution in [0.3, 0.4) is 0 Å². The fourth-order valence-corrected chi connectivity index (χ4v) is 5.45. The molecule has 0 unspecified atom stereocenters. The summed E-state index contributed by atoms with van der Waals surface area (Å²) in [4.78, 5) is 17.4. The van der Waals surface area contributed by atoms with E-state index in [1.807, 2.05) is 7.05 Å². The topological polar surface area (TPSA) is 108 Å². The van der Waals surface area contributed by atoms with Gasteiger partial charge in [0.05, 0.1) is 12.4 Å². The van der Waals surface area contributed by atoms with Gasteiger partial charge in [0.25, 0.3) is 10.0 Å². The van der Waals surface area contributed by atoms with Gasteiger partial charge in [-0.3, -0.25) is 0 Å². The second-order valence-electron chi connectivity index (χ2n) is 6.96. The van der Waals surface area contributed by atoms with Crippen molar-refractivity contribution in [3.8, 4) is 0 Å². The zero-order chi connectivity index (χ0) is 18.2. The van der Waals surface area contributed by atoms with Gasteiger partial charge < -0.3 is 19.9 Å². The van der Waals surface area contributed by atoms with Crippen LogP contribution in [0.25, 0.3) is 0 Å². The summed E-state index contributed by atoms with van der Waals surface area (Å²) in [7, 11) is 0.0125. The zero-order valence-corrected chi connectivity index (χ0v) is 15.3. The first-order valence-corrected chi connectivity index (χ1v) is 9.91. The fourth-order valence-electron chi connectivity index (χ4n) is 3.99. The van der Waals surface area contributed by atoms with E-state index in [2.05, 4.69) is 15.2 Å². The highest BCUT2D eigenvalue weighted by Gasteiger charge is 2.45. The van der Waals surface area contributed by atoms with Crippen molar-refractivity contribution in [1.82, 2.24) is 24.1 Å². The number of piperidine rings is 1. The van der Waals surface area contributed by atoms with E-state index in [0.717, 1.165) is 25.8 Å². The SMILES string of the molecule is CN1CCCC[C@@H]1[C@H]1CN(S(=O)(=O)c2cn(C)cn2)C[C@@H]1NC(=O)O. The Morgan fingerprint density at radius 1 is 1.32 bits per heavy atom. The number of carbonyl (C=O) groups is 1. The van der Waals surface area contributed by atoms with Crippen LogP contribution in [-0.2, 0) is 17.1 Å². The number of carboxylic acid groups (broad SMARTS) is 1. The normalized spacial score (nSPS) is 29.0. The smallest absolute Gasteiger partial charge is 0.404 e. The number of nitrogens with one attached hydrogen (secondary N) is 1. The van der Waals surface area contributed by atoms with Crippen LogP contribution in [0.4, 0.5) is 4.79 Å². The first-order chi connectivity index (χ1) is 11.8. The van der Waals surface area contributed by atoms with Crippen LogP contribution in [0.5, 0.6) is 0 Å². The van der Waals surface area contributed by atoms with Gasteiger partial charge in [-0.25, -0.2) is 18.2 Å². The molecular weight excluding hydrogens is 346 g/mol. The lowest BCUT2D eigenvalue weighted by Gasteiger charge is -2.38. The van der Waals surface area contributed by atoms with Gasteiger partial charge in [0.2, 0.25) is 0 Å². The number of aromatic nitrogens is 2. The molecule has 140 valence electrons. The van der Waals surface area contributed by atoms with E-state index < -0.39 is 22.2 Å². The number of rotatable bonds is 4. The molecule has 2 aliphatic rings. The van der Waals surface area contributed by atoms with Crippen LogP contribution in [0.15, 0.2) is 17.6 Å². The lowest BCUT2D eigenvalue weighted by atomic mass is 9.87. The Bertz CT molecular complexity index is 734. The molecule has 0 saturated carbocycles. The molecule has 1 aromatic heterocycles. The van der Waals surface area contributed by atoms with Gasteiger partial charge in [-0.1, -0.05) is 6.42 Å². The monoisotopic (exact) mass is 371 g/mol. The Hall–Kier alpha value is -1.65. The second-order valence-corrected chi connectivity index (χ2v) is 8.85. The van der Waals surface area contributed by atoms with Crippen LogP contribution in [0.1, 0.15) is 19.3 Å². The van der Waals surface area contributed by atoms with Crippen molar-refractivity contribution in [2.75, 3.05) is 26.7 Å². The average molecular weight is 371 g/mol. The molecule has 3 heterocycles. The largest absolute Gasteiger partial charge is 0.465 e. The van der Waals surface area contributed by atoms with Crippen molar-refractivity contribution in [2.24, 2.45) is 13.0 Å². The third-order valence-electron chi connectivity index (χ3n) is 5.25. The Labute approximate surface area is 147 Å². The van der Waals surface area contributed by atoms with E-state index in [1.165, 1.54) is 16.8 Å². The molecular formula is C15H25N5O4S. The van der Waals surface area contributed by atoms with Gasteiger partial charge in [-0.2, -0.15) is 4.31 Å². The minimum atomic E-state index is -3.73. The van der Waals surface area contributed by atoms with E-state index in [1.54, 1.807) is 11.6 Å². The molecule has 0 aliphatic carbocycles. The highest BCUT2D eigenvalue weighted by Crippen LogP contribution is 2.32. The Morgan fingerprint density at radius 2 is 2.08 bits per heavy atom. The maximum Gasteiger partial charge on any atom is 0.404 e. The molecule has 25 heavy (non-hydrogen) atoms. The van der Waals surface area contributed by atoms with Crippen LogP contribution in [0, 0.1) is 5.92 Å². The summed E-state index contributed by atoms with van der Waals surface area (Å²) in [5.41, 5.74) is 0. The first-order valence-electron chi connectivity index (χ1n) is 8.47. The molecule has 0 aromatic carbocycles. The van der Waals surface area contributed by atoms with Gasteiger partial charge >= 0.3 is 6.09 Å². The zero-order valence-electron chi connectivity index (χ0n) is 14.5. The quantitative estimate of drug-likeness (QED) is 0.781. The van der Waals surface area contributed by atoms with E-state index in [9.17, 15) is 13.2 Å².